The minimum absolute atomic E-state index is 0.0457. The highest BCUT2D eigenvalue weighted by atomic mass is 16.6. The van der Waals surface area contributed by atoms with Gasteiger partial charge in [-0.1, -0.05) is 121 Å². The largest absolute Gasteiger partial charge is 0.597 e. The first-order valence-corrected chi connectivity index (χ1v) is 22.2. The molecule has 1 saturated heterocycles. The zero-order valence-electron chi connectivity index (χ0n) is 36.4. The highest BCUT2D eigenvalue weighted by molar-refractivity contribution is 6.04. The van der Waals surface area contributed by atoms with Crippen LogP contribution in [0.1, 0.15) is 145 Å². The Hall–Kier alpha value is -4.39. The van der Waals surface area contributed by atoms with E-state index < -0.39 is 30.3 Å². The van der Waals surface area contributed by atoms with E-state index in [4.69, 9.17) is 23.7 Å². The van der Waals surface area contributed by atoms with Gasteiger partial charge in [-0.2, -0.15) is 0 Å². The van der Waals surface area contributed by atoms with Gasteiger partial charge in [0, 0.05) is 45.0 Å². The fourth-order valence-corrected chi connectivity index (χ4v) is 7.16. The van der Waals surface area contributed by atoms with Crippen molar-refractivity contribution >= 4 is 24.2 Å². The third-order valence-corrected chi connectivity index (χ3v) is 10.8. The number of nitrogens with zero attached hydrogens (tertiary/aromatic N) is 4. The summed E-state index contributed by atoms with van der Waals surface area (Å²) in [5.41, 5.74) is 0.938. The number of likely N-dealkylation sites (tertiary alicyclic amines) is 1. The maximum absolute atomic E-state index is 13.7. The number of methoxy groups -OCH3 is 2. The number of rotatable bonds is 28. The topological polar surface area (TPSA) is 143 Å². The van der Waals surface area contributed by atoms with E-state index in [1.54, 1.807) is 29.2 Å². The second-order valence-corrected chi connectivity index (χ2v) is 15.3. The van der Waals surface area contributed by atoms with Crippen molar-refractivity contribution in [3.63, 3.8) is 0 Å². The van der Waals surface area contributed by atoms with Crippen molar-refractivity contribution in [2.45, 2.75) is 155 Å². The van der Waals surface area contributed by atoms with Crippen molar-refractivity contribution < 1.29 is 47.7 Å². The second-order valence-electron chi connectivity index (χ2n) is 15.3. The van der Waals surface area contributed by atoms with Gasteiger partial charge in [0.2, 0.25) is 5.69 Å². The Kier molecular flexibility index (Phi) is 24.7. The van der Waals surface area contributed by atoms with E-state index in [9.17, 15) is 19.5 Å². The van der Waals surface area contributed by atoms with Crippen LogP contribution >= 0.6 is 0 Å². The quantitative estimate of drug-likeness (QED) is 0.0358. The van der Waals surface area contributed by atoms with Gasteiger partial charge < -0.3 is 33.7 Å². The van der Waals surface area contributed by atoms with Crippen LogP contribution in [0.15, 0.2) is 53.7 Å². The minimum atomic E-state index is -0.880. The number of unbranched alkanes of at least 4 members (excludes halogenated alkanes) is 15. The van der Waals surface area contributed by atoms with Gasteiger partial charge in [-0.05, 0) is 38.3 Å². The van der Waals surface area contributed by atoms with Gasteiger partial charge in [-0.3, -0.25) is 9.79 Å². The number of carbonyl (C=O) groups excluding carboxylic acids is 3. The van der Waals surface area contributed by atoms with Crippen LogP contribution in [0.5, 0.6) is 5.75 Å². The highest BCUT2D eigenvalue weighted by Gasteiger charge is 2.31. The summed E-state index contributed by atoms with van der Waals surface area (Å²) >= 11 is 0. The van der Waals surface area contributed by atoms with E-state index in [1.807, 2.05) is 35.9 Å². The molecule has 1 aliphatic heterocycles. The predicted octanol–water partition coefficient (Wildman–Crippen LogP) is 8.39. The number of ether oxygens (including phenoxy) is 5. The number of pyridine rings is 1. The number of aromatic nitrogens is 1. The smallest absolute Gasteiger partial charge is 0.417 e. The normalized spacial score (nSPS) is 13.8. The Bertz CT molecular complexity index is 1510. The van der Waals surface area contributed by atoms with E-state index in [0.29, 0.717) is 44.8 Å². The lowest BCUT2D eigenvalue weighted by Crippen LogP contribution is -2.45. The molecule has 330 valence electrons. The van der Waals surface area contributed by atoms with Crippen LogP contribution in [-0.2, 0) is 32.0 Å². The lowest BCUT2D eigenvalue weighted by molar-refractivity contribution is -0.701. The number of amides is 3. The molecule has 0 aliphatic carbocycles. The third kappa shape index (κ3) is 19.0. The van der Waals surface area contributed by atoms with E-state index >= 15 is 0 Å². The Morgan fingerprint density at radius 2 is 1.37 bits per heavy atom. The summed E-state index contributed by atoms with van der Waals surface area (Å²) in [6.07, 6.45) is 20.5. The lowest BCUT2D eigenvalue weighted by Gasteiger charge is -2.35. The number of carbonyl (C=O) groups is 3. The molecule has 0 spiro atoms. The molecule has 2 aromatic rings. The van der Waals surface area contributed by atoms with E-state index in [1.165, 1.54) is 104 Å². The summed E-state index contributed by atoms with van der Waals surface area (Å²) in [5.74, 6) is -0.260. The van der Waals surface area contributed by atoms with Gasteiger partial charge in [0.25, 0.3) is 5.91 Å². The van der Waals surface area contributed by atoms with Crippen LogP contribution < -0.4 is 14.4 Å². The average molecular weight is 825 g/mol. The molecule has 2 heterocycles. The molecule has 3 rings (SSSR count). The SMILES string of the molecule is CCCCCCCCCCCCCCCCCCN=C([O-])OC1CCN(C(=O)OC[C@H](COC(=O)N(Cc2cccc[n+]2CC)C(=O)c2ccccc2OC)OC)CC1. The Morgan fingerprint density at radius 1 is 0.797 bits per heavy atom. The molecule has 0 radical (unpaired) electrons. The third-order valence-electron chi connectivity index (χ3n) is 10.8. The number of benzene rings is 1. The number of hydrogen-bond acceptors (Lipinski definition) is 10. The monoisotopic (exact) mass is 825 g/mol. The zero-order valence-corrected chi connectivity index (χ0v) is 36.4. The summed E-state index contributed by atoms with van der Waals surface area (Å²) in [4.78, 5) is 46.8. The molecule has 1 aromatic carbocycles. The van der Waals surface area contributed by atoms with Crippen molar-refractivity contribution in [1.82, 2.24) is 9.80 Å². The molecular formula is C46H72N4O9. The first-order valence-electron chi connectivity index (χ1n) is 22.2. The molecule has 1 atom stereocenters. The van der Waals surface area contributed by atoms with Gasteiger partial charge in [-0.25, -0.2) is 19.1 Å². The van der Waals surface area contributed by atoms with Gasteiger partial charge in [-0.15, -0.1) is 0 Å². The molecule has 1 aromatic heterocycles. The van der Waals surface area contributed by atoms with E-state index in [2.05, 4.69) is 11.9 Å². The minimum Gasteiger partial charge on any atom is -0.597 e. The predicted molar refractivity (Wildman–Crippen MR) is 226 cm³/mol. The van der Waals surface area contributed by atoms with Crippen molar-refractivity contribution in [3.8, 4) is 5.75 Å². The average Bonchev–Trinajstić information content (AvgIpc) is 3.26. The fraction of sp³-hybridized carbons (Fsp3) is 0.674. The standard InChI is InChI=1S/C46H72N4O9/c1-5-7-8-9-10-11-12-13-14-15-16-17-18-19-20-24-31-47-44(52)59-39-29-33-49(34-30-39)45(53)57-36-40(55-3)37-58-46(54)50(35-38-26-23-25-32-48(38)6-2)43(51)41-27-21-22-28-42(41)56-4/h21-23,25-28,32,39-40H,5-20,24,29-31,33-37H2,1-4H3/t40-/m1/s1. The second kappa shape index (κ2) is 29.8. The summed E-state index contributed by atoms with van der Waals surface area (Å²) in [7, 11) is 2.88. The fourth-order valence-electron chi connectivity index (χ4n) is 7.16. The zero-order chi connectivity index (χ0) is 42.5. The molecule has 13 heteroatoms. The maximum Gasteiger partial charge on any atom is 0.417 e. The highest BCUT2D eigenvalue weighted by Crippen LogP contribution is 2.21. The van der Waals surface area contributed by atoms with Crippen LogP contribution in [0.2, 0.25) is 0 Å². The van der Waals surface area contributed by atoms with Crippen LogP contribution in [0, 0.1) is 0 Å². The molecule has 0 saturated carbocycles. The summed E-state index contributed by atoms with van der Waals surface area (Å²) in [6.45, 7) is 5.58. The number of piperidine rings is 1. The Labute approximate surface area is 353 Å². The first kappa shape index (κ1) is 49.0. The molecular weight excluding hydrogens is 753 g/mol. The molecule has 0 unspecified atom stereocenters. The molecule has 1 fully saturated rings. The first-order chi connectivity index (χ1) is 28.8. The van der Waals surface area contributed by atoms with Crippen LogP contribution in [-0.4, -0.2) is 93.3 Å². The van der Waals surface area contributed by atoms with Crippen LogP contribution in [0.4, 0.5) is 9.59 Å². The van der Waals surface area contributed by atoms with Gasteiger partial charge in [0.05, 0.1) is 12.7 Å². The van der Waals surface area contributed by atoms with Crippen LogP contribution in [0.3, 0.4) is 0 Å². The van der Waals surface area contributed by atoms with E-state index in [-0.39, 0.29) is 31.4 Å². The van der Waals surface area contributed by atoms with Crippen molar-refractivity contribution in [1.29, 1.82) is 0 Å². The number of para-hydroxylation sites is 1. The molecule has 0 N–H and O–H groups in total. The summed E-state index contributed by atoms with van der Waals surface area (Å²) < 4.78 is 29.4. The van der Waals surface area contributed by atoms with Gasteiger partial charge in [0.1, 0.15) is 44.2 Å². The molecule has 1 aliphatic rings. The van der Waals surface area contributed by atoms with Crippen molar-refractivity contribution in [2.24, 2.45) is 4.99 Å². The molecule has 3 amide bonds. The molecule has 59 heavy (non-hydrogen) atoms. The summed E-state index contributed by atoms with van der Waals surface area (Å²) in [5, 5.41) is 12.3. The molecule has 0 bridgehead atoms. The van der Waals surface area contributed by atoms with Gasteiger partial charge >= 0.3 is 12.2 Å². The van der Waals surface area contributed by atoms with Crippen LogP contribution in [0.25, 0.3) is 0 Å². The Morgan fingerprint density at radius 3 is 1.97 bits per heavy atom. The van der Waals surface area contributed by atoms with Gasteiger partial charge in [0.15, 0.2) is 6.20 Å². The number of aliphatic imine (C=N–C) groups is 1. The molecule has 13 nitrogen and oxygen atoms in total. The summed E-state index contributed by atoms with van der Waals surface area (Å²) in [6, 6.07) is 12.2. The van der Waals surface area contributed by atoms with E-state index in [0.717, 1.165) is 23.4 Å². The number of hydrogen-bond donors (Lipinski definition) is 0. The number of imide groups is 1. The maximum atomic E-state index is 13.7. The van der Waals surface area contributed by atoms with Crippen molar-refractivity contribution in [3.05, 3.63) is 59.9 Å². The number of aryl methyl sites for hydroxylation is 1. The Balaban J connectivity index is 1.31. The van der Waals surface area contributed by atoms with Crippen molar-refractivity contribution in [2.75, 3.05) is 47.1 Å². The lowest BCUT2D eigenvalue weighted by atomic mass is 10.0.